The second-order valence-corrected chi connectivity index (χ2v) is 4.07. The third kappa shape index (κ3) is 2.58. The van der Waals surface area contributed by atoms with Crippen molar-refractivity contribution in [2.45, 2.75) is 32.3 Å². The number of halogens is 1. The van der Waals surface area contributed by atoms with Crippen molar-refractivity contribution in [1.82, 2.24) is 4.90 Å². The Labute approximate surface area is 87.0 Å². The molecular formula is C10H20ClNO. The van der Waals surface area contributed by atoms with Gasteiger partial charge in [-0.2, -0.15) is 0 Å². The van der Waals surface area contributed by atoms with Gasteiger partial charge in [-0.15, -0.1) is 12.4 Å². The van der Waals surface area contributed by atoms with E-state index in [1.165, 1.54) is 32.5 Å². The fourth-order valence-electron chi connectivity index (χ4n) is 2.42. The van der Waals surface area contributed by atoms with E-state index >= 15 is 0 Å². The number of ether oxygens (including phenoxy) is 1. The topological polar surface area (TPSA) is 12.5 Å². The maximum Gasteiger partial charge on any atom is 0.0742 e. The minimum atomic E-state index is 0. The first-order valence-corrected chi connectivity index (χ1v) is 5.24. The summed E-state index contributed by atoms with van der Waals surface area (Å²) in [6.07, 6.45) is 4.50. The molecule has 0 spiro atoms. The molecular weight excluding hydrogens is 186 g/mol. The number of fused-ring (bicyclic) bond motifs is 2. The average molecular weight is 206 g/mol. The summed E-state index contributed by atoms with van der Waals surface area (Å²) in [7, 11) is 0. The fraction of sp³-hybridized carbons (Fsp3) is 1.00. The normalized spacial score (nSPS) is 37.2. The lowest BCUT2D eigenvalue weighted by molar-refractivity contribution is 0.0365. The van der Waals surface area contributed by atoms with Gasteiger partial charge in [0, 0.05) is 19.7 Å². The van der Waals surface area contributed by atoms with Gasteiger partial charge in [0.25, 0.3) is 0 Å². The molecule has 0 saturated carbocycles. The molecule has 0 aromatic carbocycles. The molecule has 2 saturated heterocycles. The monoisotopic (exact) mass is 205 g/mol. The van der Waals surface area contributed by atoms with Crippen LogP contribution in [0, 0.1) is 5.92 Å². The minimum absolute atomic E-state index is 0. The van der Waals surface area contributed by atoms with Gasteiger partial charge in [-0.3, -0.25) is 0 Å². The van der Waals surface area contributed by atoms with Gasteiger partial charge < -0.3 is 9.64 Å². The van der Waals surface area contributed by atoms with Crippen LogP contribution >= 0.6 is 12.4 Å². The summed E-state index contributed by atoms with van der Waals surface area (Å²) in [6, 6.07) is 0. The van der Waals surface area contributed by atoms with Gasteiger partial charge in [-0.05, 0) is 31.7 Å². The number of hydrogen-bond acceptors (Lipinski definition) is 2. The highest BCUT2D eigenvalue weighted by Crippen LogP contribution is 2.28. The third-order valence-electron chi connectivity index (χ3n) is 3.04. The molecule has 3 unspecified atom stereocenters. The number of piperidine rings is 1. The number of rotatable bonds is 3. The maximum atomic E-state index is 5.82. The van der Waals surface area contributed by atoms with Crippen molar-refractivity contribution in [3.05, 3.63) is 0 Å². The molecule has 0 aromatic rings. The first-order valence-electron chi connectivity index (χ1n) is 5.24. The Morgan fingerprint density at radius 3 is 2.92 bits per heavy atom. The zero-order chi connectivity index (χ0) is 8.39. The van der Waals surface area contributed by atoms with Gasteiger partial charge >= 0.3 is 0 Å². The summed E-state index contributed by atoms with van der Waals surface area (Å²) in [5.41, 5.74) is 0. The highest BCUT2D eigenvalue weighted by atomic mass is 35.5. The van der Waals surface area contributed by atoms with Crippen LogP contribution in [0.5, 0.6) is 0 Å². The molecule has 0 aliphatic carbocycles. The zero-order valence-electron chi connectivity index (χ0n) is 8.37. The lowest BCUT2D eigenvalue weighted by Crippen LogP contribution is -2.25. The Morgan fingerprint density at radius 2 is 2.23 bits per heavy atom. The van der Waals surface area contributed by atoms with E-state index in [-0.39, 0.29) is 12.4 Å². The molecule has 0 N–H and O–H groups in total. The summed E-state index contributed by atoms with van der Waals surface area (Å²) < 4.78 is 5.82. The van der Waals surface area contributed by atoms with Crippen LogP contribution in [0.4, 0.5) is 0 Å². The van der Waals surface area contributed by atoms with Gasteiger partial charge in [0.2, 0.25) is 0 Å². The second kappa shape index (κ2) is 5.18. The van der Waals surface area contributed by atoms with Crippen LogP contribution in [0.3, 0.4) is 0 Å². The molecule has 2 heterocycles. The van der Waals surface area contributed by atoms with Crippen LogP contribution in [0.1, 0.15) is 26.2 Å². The van der Waals surface area contributed by atoms with E-state index in [0.29, 0.717) is 6.10 Å². The van der Waals surface area contributed by atoms with Crippen molar-refractivity contribution < 1.29 is 4.74 Å². The molecule has 13 heavy (non-hydrogen) atoms. The largest absolute Gasteiger partial charge is 0.377 e. The highest BCUT2D eigenvalue weighted by Gasteiger charge is 2.35. The standard InChI is InChI=1S/C10H19NO.ClH/c1-2-6-12-10-8-11-5-3-4-9(10)7-11;/h9-10H,2-8H2,1H3;1H. The highest BCUT2D eigenvalue weighted by molar-refractivity contribution is 5.85. The summed E-state index contributed by atoms with van der Waals surface area (Å²) in [5.74, 6) is 0.852. The molecule has 0 amide bonds. The molecule has 3 heteroatoms. The molecule has 2 nitrogen and oxygen atoms in total. The first-order chi connectivity index (χ1) is 5.90. The Kier molecular flexibility index (Phi) is 4.50. The van der Waals surface area contributed by atoms with Gasteiger partial charge in [-0.25, -0.2) is 0 Å². The first kappa shape index (κ1) is 11.3. The molecule has 2 aliphatic rings. The van der Waals surface area contributed by atoms with Crippen LogP contribution in [0.2, 0.25) is 0 Å². The molecule has 0 radical (unpaired) electrons. The predicted octanol–water partition coefficient (Wildman–Crippen LogP) is 1.93. The van der Waals surface area contributed by atoms with Crippen LogP contribution in [0.15, 0.2) is 0 Å². The Balaban J connectivity index is 0.000000845. The molecule has 0 aromatic heterocycles. The molecule has 2 bridgehead atoms. The quantitative estimate of drug-likeness (QED) is 0.698. The molecule has 2 rings (SSSR count). The summed E-state index contributed by atoms with van der Waals surface area (Å²) in [6.45, 7) is 6.94. The zero-order valence-corrected chi connectivity index (χ0v) is 9.18. The Hall–Kier alpha value is 0.210. The summed E-state index contributed by atoms with van der Waals surface area (Å²) in [4.78, 5) is 2.55. The molecule has 78 valence electrons. The lowest BCUT2D eigenvalue weighted by atomic mass is 9.99. The fourth-order valence-corrected chi connectivity index (χ4v) is 2.42. The van der Waals surface area contributed by atoms with E-state index in [4.69, 9.17) is 4.74 Å². The molecule has 2 fully saturated rings. The van der Waals surface area contributed by atoms with Gasteiger partial charge in [0.15, 0.2) is 0 Å². The Morgan fingerprint density at radius 1 is 1.38 bits per heavy atom. The van der Waals surface area contributed by atoms with E-state index in [1.54, 1.807) is 0 Å². The molecule has 2 aliphatic heterocycles. The summed E-state index contributed by atoms with van der Waals surface area (Å²) in [5, 5.41) is 0. The maximum absolute atomic E-state index is 5.82. The van der Waals surface area contributed by atoms with Crippen LogP contribution in [-0.2, 0) is 4.74 Å². The van der Waals surface area contributed by atoms with Crippen LogP contribution in [0.25, 0.3) is 0 Å². The van der Waals surface area contributed by atoms with E-state index in [2.05, 4.69) is 11.8 Å². The van der Waals surface area contributed by atoms with E-state index in [9.17, 15) is 0 Å². The van der Waals surface area contributed by atoms with Crippen molar-refractivity contribution in [2.24, 2.45) is 5.92 Å². The molecule has 3 atom stereocenters. The van der Waals surface area contributed by atoms with Crippen molar-refractivity contribution in [3.63, 3.8) is 0 Å². The second-order valence-electron chi connectivity index (χ2n) is 4.07. The minimum Gasteiger partial charge on any atom is -0.377 e. The average Bonchev–Trinajstić information content (AvgIpc) is 2.38. The van der Waals surface area contributed by atoms with Gasteiger partial charge in [0.1, 0.15) is 0 Å². The van der Waals surface area contributed by atoms with Crippen molar-refractivity contribution in [3.8, 4) is 0 Å². The van der Waals surface area contributed by atoms with Crippen molar-refractivity contribution in [1.29, 1.82) is 0 Å². The predicted molar refractivity (Wildman–Crippen MR) is 56.4 cm³/mol. The van der Waals surface area contributed by atoms with Crippen LogP contribution in [-0.4, -0.2) is 37.2 Å². The smallest absolute Gasteiger partial charge is 0.0742 e. The van der Waals surface area contributed by atoms with Gasteiger partial charge in [0.05, 0.1) is 6.10 Å². The number of hydrogen-bond donors (Lipinski definition) is 0. The number of nitrogens with zero attached hydrogens (tertiary/aromatic N) is 1. The Bertz CT molecular complexity index is 154. The lowest BCUT2D eigenvalue weighted by Gasteiger charge is -2.21. The SMILES string of the molecule is CCCOC1CN2CCCC1C2.Cl. The van der Waals surface area contributed by atoms with Crippen molar-refractivity contribution >= 4 is 12.4 Å². The van der Waals surface area contributed by atoms with Crippen molar-refractivity contribution in [2.75, 3.05) is 26.2 Å². The van der Waals surface area contributed by atoms with E-state index < -0.39 is 0 Å². The van der Waals surface area contributed by atoms with Crippen LogP contribution < -0.4 is 0 Å². The van der Waals surface area contributed by atoms with E-state index in [1.807, 2.05) is 0 Å². The van der Waals surface area contributed by atoms with E-state index in [0.717, 1.165) is 18.9 Å². The van der Waals surface area contributed by atoms with Gasteiger partial charge in [-0.1, -0.05) is 6.92 Å². The third-order valence-corrected chi connectivity index (χ3v) is 3.04. The summed E-state index contributed by atoms with van der Waals surface area (Å²) >= 11 is 0.